The van der Waals surface area contributed by atoms with E-state index in [0.29, 0.717) is 6.61 Å². The van der Waals surface area contributed by atoms with Gasteiger partial charge in [0.2, 0.25) is 0 Å². The van der Waals surface area contributed by atoms with Crippen molar-refractivity contribution in [2.75, 3.05) is 19.8 Å². The number of unbranched alkanes of at least 4 members (excludes halogenated alkanes) is 14. The lowest BCUT2D eigenvalue weighted by atomic mass is 10.0. The van der Waals surface area contributed by atoms with Gasteiger partial charge in [-0.2, -0.15) is 0 Å². The molecule has 0 unspecified atom stereocenters. The van der Waals surface area contributed by atoms with Crippen molar-refractivity contribution in [3.05, 3.63) is 12.2 Å². The van der Waals surface area contributed by atoms with Gasteiger partial charge in [-0.1, -0.05) is 96.1 Å². The quantitative estimate of drug-likeness (QED) is 0.176. The molecule has 0 aliphatic carbocycles. The molecule has 31 heavy (non-hydrogen) atoms. The van der Waals surface area contributed by atoms with E-state index in [1.54, 1.807) is 0 Å². The number of aliphatic hydroxyl groups excluding tert-OH is 3. The zero-order chi connectivity index (χ0) is 22.6. The second kappa shape index (κ2) is 20.2. The molecule has 1 fully saturated rings. The van der Waals surface area contributed by atoms with Crippen molar-refractivity contribution in [1.82, 2.24) is 0 Å². The Hall–Kier alpha value is -0.460. The number of rotatable bonds is 20. The van der Waals surface area contributed by atoms with Crippen LogP contribution in [0.5, 0.6) is 0 Å². The molecule has 1 aliphatic rings. The first kappa shape index (κ1) is 28.6. The van der Waals surface area contributed by atoms with Crippen LogP contribution in [0.15, 0.2) is 12.2 Å². The minimum atomic E-state index is -0.971. The largest absolute Gasteiger partial charge is 0.394 e. The van der Waals surface area contributed by atoms with Crippen LogP contribution < -0.4 is 0 Å². The van der Waals surface area contributed by atoms with E-state index in [9.17, 15) is 15.3 Å². The van der Waals surface area contributed by atoms with Gasteiger partial charge in [-0.25, -0.2) is 0 Å². The smallest absolute Gasteiger partial charge is 0.114 e. The second-order valence-corrected chi connectivity index (χ2v) is 9.07. The van der Waals surface area contributed by atoms with Crippen LogP contribution in [0, 0.1) is 0 Å². The number of allylic oxidation sites excluding steroid dienone is 2. The summed E-state index contributed by atoms with van der Waals surface area (Å²) in [6, 6.07) is 0. The van der Waals surface area contributed by atoms with E-state index in [2.05, 4.69) is 19.1 Å². The van der Waals surface area contributed by atoms with Gasteiger partial charge in [0.05, 0.1) is 13.2 Å². The van der Waals surface area contributed by atoms with Crippen LogP contribution in [0.1, 0.15) is 110 Å². The molecule has 0 aromatic heterocycles. The topological polar surface area (TPSA) is 79.2 Å². The summed E-state index contributed by atoms with van der Waals surface area (Å²) in [5.74, 6) is 0. The fourth-order valence-electron chi connectivity index (χ4n) is 4.21. The molecule has 3 N–H and O–H groups in total. The Morgan fingerprint density at radius 1 is 0.774 bits per heavy atom. The molecule has 0 radical (unpaired) electrons. The molecular formula is C26H50O5. The molecule has 5 nitrogen and oxygen atoms in total. The first-order chi connectivity index (χ1) is 15.2. The van der Waals surface area contributed by atoms with Gasteiger partial charge in [-0.15, -0.1) is 0 Å². The zero-order valence-electron chi connectivity index (χ0n) is 20.1. The zero-order valence-corrected chi connectivity index (χ0v) is 20.1. The lowest BCUT2D eigenvalue weighted by Crippen LogP contribution is -2.55. The number of ether oxygens (including phenoxy) is 2. The van der Waals surface area contributed by atoms with Gasteiger partial charge in [-0.05, 0) is 25.7 Å². The lowest BCUT2D eigenvalue weighted by Gasteiger charge is -2.37. The molecule has 0 aromatic rings. The summed E-state index contributed by atoms with van der Waals surface area (Å²) in [4.78, 5) is 0. The molecule has 1 rings (SSSR count). The van der Waals surface area contributed by atoms with Gasteiger partial charge in [0.1, 0.15) is 24.4 Å². The molecule has 1 heterocycles. The molecule has 0 bridgehead atoms. The Kier molecular flexibility index (Phi) is 18.6. The minimum Gasteiger partial charge on any atom is -0.394 e. The molecule has 0 amide bonds. The fourth-order valence-corrected chi connectivity index (χ4v) is 4.21. The van der Waals surface area contributed by atoms with E-state index in [1.165, 1.54) is 83.5 Å². The number of aliphatic hydroxyl groups is 3. The monoisotopic (exact) mass is 442 g/mol. The van der Waals surface area contributed by atoms with Crippen molar-refractivity contribution in [2.24, 2.45) is 0 Å². The summed E-state index contributed by atoms with van der Waals surface area (Å²) < 4.78 is 10.9. The van der Waals surface area contributed by atoms with E-state index in [-0.39, 0.29) is 13.2 Å². The Morgan fingerprint density at radius 3 is 1.81 bits per heavy atom. The molecule has 0 spiro atoms. The van der Waals surface area contributed by atoms with Crippen LogP contribution in [-0.2, 0) is 9.47 Å². The predicted octanol–water partition coefficient (Wildman–Crippen LogP) is 5.30. The van der Waals surface area contributed by atoms with Crippen LogP contribution in [0.2, 0.25) is 0 Å². The van der Waals surface area contributed by atoms with Crippen LogP contribution in [0.4, 0.5) is 0 Å². The van der Waals surface area contributed by atoms with E-state index >= 15 is 0 Å². The fraction of sp³-hybridized carbons (Fsp3) is 0.923. The number of hydrogen-bond donors (Lipinski definition) is 3. The molecule has 4 atom stereocenters. The van der Waals surface area contributed by atoms with Crippen molar-refractivity contribution < 1.29 is 24.8 Å². The van der Waals surface area contributed by atoms with Crippen LogP contribution in [0.25, 0.3) is 0 Å². The van der Waals surface area contributed by atoms with Crippen molar-refractivity contribution in [3.8, 4) is 0 Å². The average molecular weight is 443 g/mol. The summed E-state index contributed by atoms with van der Waals surface area (Å²) in [5.41, 5.74) is 0. The van der Waals surface area contributed by atoms with Crippen LogP contribution in [0.3, 0.4) is 0 Å². The maximum absolute atomic E-state index is 10.1. The third kappa shape index (κ3) is 14.3. The summed E-state index contributed by atoms with van der Waals surface area (Å²) >= 11 is 0. The van der Waals surface area contributed by atoms with E-state index < -0.39 is 24.4 Å². The minimum absolute atomic E-state index is 0.101. The van der Waals surface area contributed by atoms with E-state index in [4.69, 9.17) is 9.47 Å². The highest BCUT2D eigenvalue weighted by Gasteiger charge is 2.38. The Bertz CT molecular complexity index is 415. The Labute approximate surface area is 191 Å². The summed E-state index contributed by atoms with van der Waals surface area (Å²) in [7, 11) is 0. The Balaban J connectivity index is 1.80. The maximum atomic E-state index is 10.1. The van der Waals surface area contributed by atoms with Gasteiger partial charge in [0.15, 0.2) is 0 Å². The van der Waals surface area contributed by atoms with Crippen molar-refractivity contribution in [3.63, 3.8) is 0 Å². The summed E-state index contributed by atoms with van der Waals surface area (Å²) in [6.07, 6.45) is 22.2. The molecule has 5 heteroatoms. The first-order valence-electron chi connectivity index (χ1n) is 13.1. The van der Waals surface area contributed by atoms with Crippen LogP contribution >= 0.6 is 0 Å². The predicted molar refractivity (Wildman–Crippen MR) is 127 cm³/mol. The standard InChI is InChI=1S/C26H50O5/c1-2-3-4-5-6-7-8-9-10-11-12-13-14-15-16-17-18-19-20-30-26-23(28)22-31-24(21-27)25(26)29/h3-4,23-29H,2,5-22H2,1H3/b4-3+/t23-,24+,25+,26+/m0/s1. The van der Waals surface area contributed by atoms with Gasteiger partial charge < -0.3 is 24.8 Å². The van der Waals surface area contributed by atoms with Gasteiger partial charge in [0, 0.05) is 6.61 Å². The highest BCUT2D eigenvalue weighted by Crippen LogP contribution is 2.19. The maximum Gasteiger partial charge on any atom is 0.114 e. The normalized spacial score (nSPS) is 24.3. The molecule has 1 saturated heterocycles. The highest BCUT2D eigenvalue weighted by molar-refractivity contribution is 4.87. The average Bonchev–Trinajstić information content (AvgIpc) is 2.77. The summed E-state index contributed by atoms with van der Waals surface area (Å²) in [6.45, 7) is 2.57. The first-order valence-corrected chi connectivity index (χ1v) is 13.1. The van der Waals surface area contributed by atoms with Gasteiger partial charge in [-0.3, -0.25) is 0 Å². The molecule has 0 aromatic carbocycles. The van der Waals surface area contributed by atoms with Gasteiger partial charge in [0.25, 0.3) is 0 Å². The van der Waals surface area contributed by atoms with E-state index in [0.717, 1.165) is 19.3 Å². The van der Waals surface area contributed by atoms with Crippen molar-refractivity contribution in [2.45, 2.75) is 134 Å². The molecule has 184 valence electrons. The van der Waals surface area contributed by atoms with E-state index in [1.807, 2.05) is 0 Å². The summed E-state index contributed by atoms with van der Waals surface area (Å²) in [5, 5.41) is 29.2. The molecule has 1 aliphatic heterocycles. The third-order valence-corrected chi connectivity index (χ3v) is 6.24. The molecule has 0 saturated carbocycles. The van der Waals surface area contributed by atoms with Gasteiger partial charge >= 0.3 is 0 Å². The Morgan fingerprint density at radius 2 is 1.29 bits per heavy atom. The second-order valence-electron chi connectivity index (χ2n) is 9.07. The van der Waals surface area contributed by atoms with Crippen molar-refractivity contribution in [1.29, 1.82) is 0 Å². The lowest BCUT2D eigenvalue weighted by molar-refractivity contribution is -0.210. The number of hydrogen-bond acceptors (Lipinski definition) is 5. The highest BCUT2D eigenvalue weighted by atomic mass is 16.6. The van der Waals surface area contributed by atoms with Crippen molar-refractivity contribution >= 4 is 0 Å². The SMILES string of the molecule is CC/C=C/CCCCCCCCCCCCCCCCO[C@H]1[C@H](O)[C@@H](CO)OC[C@@H]1O. The third-order valence-electron chi connectivity index (χ3n) is 6.24. The van der Waals surface area contributed by atoms with Crippen LogP contribution in [-0.4, -0.2) is 59.6 Å². The molecular weight excluding hydrogens is 392 g/mol.